The second-order valence-electron chi connectivity index (χ2n) is 6.97. The lowest BCUT2D eigenvalue weighted by atomic mass is 10.0. The molecule has 4 nitrogen and oxygen atoms in total. The highest BCUT2D eigenvalue weighted by Gasteiger charge is 2.35. The zero-order chi connectivity index (χ0) is 18.9. The topological polar surface area (TPSA) is 42.7 Å². The molecule has 0 radical (unpaired) electrons. The Morgan fingerprint density at radius 3 is 2.54 bits per heavy atom. The van der Waals surface area contributed by atoms with Crippen molar-refractivity contribution in [1.82, 2.24) is 4.90 Å². The summed E-state index contributed by atoms with van der Waals surface area (Å²) < 4.78 is 11.4. The molecule has 0 bridgehead atoms. The molecule has 1 aliphatic rings. The van der Waals surface area contributed by atoms with E-state index in [9.17, 15) is 4.79 Å². The van der Waals surface area contributed by atoms with Gasteiger partial charge in [0.1, 0.15) is 5.76 Å². The summed E-state index contributed by atoms with van der Waals surface area (Å²) in [6.45, 7) is 1.18. The maximum atomic E-state index is 12.4. The number of carbonyl (C=O) groups is 1. The molecule has 0 N–H and O–H groups in total. The minimum absolute atomic E-state index is 0.275. The van der Waals surface area contributed by atoms with E-state index >= 15 is 0 Å². The van der Waals surface area contributed by atoms with Gasteiger partial charge in [0.15, 0.2) is 6.23 Å². The van der Waals surface area contributed by atoms with Crippen LogP contribution in [0.15, 0.2) is 89.5 Å². The van der Waals surface area contributed by atoms with Crippen LogP contribution in [0.25, 0.3) is 10.8 Å². The first kappa shape index (κ1) is 16.8. The molecule has 0 aliphatic carbocycles. The average Bonchev–Trinajstić information content (AvgIpc) is 3.36. The third-order valence-electron chi connectivity index (χ3n) is 5.19. The van der Waals surface area contributed by atoms with Gasteiger partial charge >= 0.3 is 5.97 Å². The molecule has 1 aliphatic heterocycles. The fraction of sp³-hybridized carbons (Fsp3) is 0.125. The predicted molar refractivity (Wildman–Crippen MR) is 107 cm³/mol. The molecule has 0 saturated heterocycles. The zero-order valence-corrected chi connectivity index (χ0v) is 15.2. The predicted octanol–water partition coefficient (Wildman–Crippen LogP) is 5.30. The third-order valence-corrected chi connectivity index (χ3v) is 5.19. The first-order chi connectivity index (χ1) is 13.8. The number of carbonyl (C=O) groups excluding carboxylic acids is 1. The molecule has 1 aromatic heterocycles. The molecule has 4 aromatic rings. The number of fused-ring (bicyclic) bond motifs is 2. The van der Waals surface area contributed by atoms with Crippen molar-refractivity contribution in [1.29, 1.82) is 0 Å². The summed E-state index contributed by atoms with van der Waals surface area (Å²) in [6, 6.07) is 26.0. The highest BCUT2D eigenvalue weighted by atomic mass is 16.6. The highest BCUT2D eigenvalue weighted by molar-refractivity contribution is 5.94. The van der Waals surface area contributed by atoms with Crippen molar-refractivity contribution < 1.29 is 13.9 Å². The second-order valence-corrected chi connectivity index (χ2v) is 6.97. The Morgan fingerprint density at radius 2 is 1.64 bits per heavy atom. The van der Waals surface area contributed by atoms with E-state index in [1.807, 2.05) is 48.5 Å². The van der Waals surface area contributed by atoms with E-state index in [1.165, 1.54) is 16.3 Å². The standard InChI is InChI=1S/C24H19NO3/c26-24-22-13-4-3-12-21(22)23(28-24)25(16-19-10-6-14-27-19)15-18-9-5-8-17-7-1-2-11-20(17)18/h1-14,23H,15-16H2. The van der Waals surface area contributed by atoms with E-state index in [0.29, 0.717) is 18.7 Å². The number of hydrogen-bond acceptors (Lipinski definition) is 4. The molecule has 5 rings (SSSR count). The summed E-state index contributed by atoms with van der Waals surface area (Å²) in [6.07, 6.45) is 1.23. The molecule has 4 heteroatoms. The minimum Gasteiger partial charge on any atom is -0.468 e. The molecule has 0 spiro atoms. The molecule has 0 amide bonds. The zero-order valence-electron chi connectivity index (χ0n) is 15.2. The normalized spacial score (nSPS) is 15.8. The molecule has 1 atom stereocenters. The lowest BCUT2D eigenvalue weighted by Gasteiger charge is -2.28. The van der Waals surface area contributed by atoms with Gasteiger partial charge in [-0.1, -0.05) is 60.7 Å². The Kier molecular flexibility index (Phi) is 4.18. The van der Waals surface area contributed by atoms with Crippen LogP contribution in [0.5, 0.6) is 0 Å². The van der Waals surface area contributed by atoms with Crippen molar-refractivity contribution in [3.63, 3.8) is 0 Å². The maximum Gasteiger partial charge on any atom is 0.340 e. The Bertz CT molecular complexity index is 1130. The van der Waals surface area contributed by atoms with Gasteiger partial charge in [-0.15, -0.1) is 0 Å². The van der Waals surface area contributed by atoms with Gasteiger partial charge in [0.05, 0.1) is 18.4 Å². The SMILES string of the molecule is O=C1OC(N(Cc2ccco2)Cc2cccc3ccccc23)c2ccccc21. The minimum atomic E-state index is -0.437. The lowest BCUT2D eigenvalue weighted by molar-refractivity contribution is -0.0333. The summed E-state index contributed by atoms with van der Waals surface area (Å²) in [5.41, 5.74) is 2.72. The largest absolute Gasteiger partial charge is 0.468 e. The van der Waals surface area contributed by atoms with Crippen LogP contribution in [-0.2, 0) is 17.8 Å². The Morgan fingerprint density at radius 1 is 0.821 bits per heavy atom. The van der Waals surface area contributed by atoms with Gasteiger partial charge < -0.3 is 9.15 Å². The van der Waals surface area contributed by atoms with Gasteiger partial charge in [-0.05, 0) is 34.5 Å². The third kappa shape index (κ3) is 2.98. The summed E-state index contributed by atoms with van der Waals surface area (Å²) in [5.74, 6) is 0.559. The number of rotatable bonds is 5. The van der Waals surface area contributed by atoms with Crippen LogP contribution in [0, 0.1) is 0 Å². The molecule has 1 unspecified atom stereocenters. The van der Waals surface area contributed by atoms with E-state index in [2.05, 4.69) is 35.2 Å². The van der Waals surface area contributed by atoms with E-state index in [1.54, 1.807) is 6.26 Å². The average molecular weight is 369 g/mol. The molecule has 0 saturated carbocycles. The molecule has 138 valence electrons. The maximum absolute atomic E-state index is 12.4. The second kappa shape index (κ2) is 6.98. The summed E-state index contributed by atoms with van der Waals surface area (Å²) in [4.78, 5) is 14.5. The summed E-state index contributed by atoms with van der Waals surface area (Å²) in [7, 11) is 0. The highest BCUT2D eigenvalue weighted by Crippen LogP contribution is 2.36. The number of nitrogens with zero attached hydrogens (tertiary/aromatic N) is 1. The van der Waals surface area contributed by atoms with Crippen molar-refractivity contribution in [3.05, 3.63) is 108 Å². The van der Waals surface area contributed by atoms with Crippen LogP contribution in [0.3, 0.4) is 0 Å². The first-order valence-corrected chi connectivity index (χ1v) is 9.32. The smallest absolute Gasteiger partial charge is 0.340 e. The Balaban J connectivity index is 1.55. The Hall–Kier alpha value is -3.37. The molecule has 28 heavy (non-hydrogen) atoms. The first-order valence-electron chi connectivity index (χ1n) is 9.32. The molecular weight excluding hydrogens is 350 g/mol. The van der Waals surface area contributed by atoms with Gasteiger partial charge in [-0.2, -0.15) is 0 Å². The number of esters is 1. The lowest BCUT2D eigenvalue weighted by Crippen LogP contribution is -2.28. The van der Waals surface area contributed by atoms with Gasteiger partial charge in [-0.25, -0.2) is 4.79 Å². The van der Waals surface area contributed by atoms with Crippen LogP contribution >= 0.6 is 0 Å². The van der Waals surface area contributed by atoms with Crippen LogP contribution in [-0.4, -0.2) is 10.9 Å². The van der Waals surface area contributed by atoms with E-state index < -0.39 is 6.23 Å². The van der Waals surface area contributed by atoms with Crippen LogP contribution < -0.4 is 0 Å². The van der Waals surface area contributed by atoms with Crippen molar-refractivity contribution >= 4 is 16.7 Å². The van der Waals surface area contributed by atoms with E-state index in [4.69, 9.17) is 9.15 Å². The van der Waals surface area contributed by atoms with Crippen LogP contribution in [0.2, 0.25) is 0 Å². The van der Waals surface area contributed by atoms with Crippen molar-refractivity contribution in [2.75, 3.05) is 0 Å². The van der Waals surface area contributed by atoms with E-state index in [-0.39, 0.29) is 5.97 Å². The number of cyclic esters (lactones) is 1. The number of ether oxygens (including phenoxy) is 1. The number of benzene rings is 3. The van der Waals surface area contributed by atoms with Gasteiger partial charge in [0.2, 0.25) is 0 Å². The fourth-order valence-electron chi connectivity index (χ4n) is 3.87. The monoisotopic (exact) mass is 369 g/mol. The molecule has 0 fully saturated rings. The summed E-state index contributed by atoms with van der Waals surface area (Å²) >= 11 is 0. The van der Waals surface area contributed by atoms with Crippen LogP contribution in [0.4, 0.5) is 0 Å². The molecule has 3 aromatic carbocycles. The van der Waals surface area contributed by atoms with E-state index in [0.717, 1.165) is 11.3 Å². The Labute approximate surface area is 163 Å². The van der Waals surface area contributed by atoms with Gasteiger partial charge in [0, 0.05) is 12.1 Å². The van der Waals surface area contributed by atoms with Crippen molar-refractivity contribution in [2.24, 2.45) is 0 Å². The van der Waals surface area contributed by atoms with Gasteiger partial charge in [0.25, 0.3) is 0 Å². The quantitative estimate of drug-likeness (QED) is 0.448. The fourth-order valence-corrected chi connectivity index (χ4v) is 3.87. The molecular formula is C24H19NO3. The molecule has 2 heterocycles. The van der Waals surface area contributed by atoms with Gasteiger partial charge in [-0.3, -0.25) is 4.90 Å². The van der Waals surface area contributed by atoms with Crippen molar-refractivity contribution in [3.8, 4) is 0 Å². The summed E-state index contributed by atoms with van der Waals surface area (Å²) in [5, 5.41) is 2.40. The number of furan rings is 1. The van der Waals surface area contributed by atoms with Crippen LogP contribution in [0.1, 0.15) is 33.5 Å². The van der Waals surface area contributed by atoms with Crippen molar-refractivity contribution in [2.45, 2.75) is 19.3 Å². The number of hydrogen-bond donors (Lipinski definition) is 0.